The van der Waals surface area contributed by atoms with Gasteiger partial charge >= 0.3 is 0 Å². The summed E-state index contributed by atoms with van der Waals surface area (Å²) in [6.07, 6.45) is 0.0269. The van der Waals surface area contributed by atoms with Crippen molar-refractivity contribution in [2.75, 3.05) is 6.54 Å². The second kappa shape index (κ2) is 5.89. The quantitative estimate of drug-likeness (QED) is 0.880. The highest BCUT2D eigenvalue weighted by atomic mass is 19.3. The van der Waals surface area contributed by atoms with Crippen LogP contribution in [0.15, 0.2) is 18.3 Å². The van der Waals surface area contributed by atoms with Crippen molar-refractivity contribution in [2.45, 2.75) is 39.0 Å². The van der Waals surface area contributed by atoms with E-state index in [2.05, 4.69) is 31.1 Å². The van der Waals surface area contributed by atoms with Crippen LogP contribution < -0.4 is 5.32 Å². The fourth-order valence-electron chi connectivity index (χ4n) is 1.39. The summed E-state index contributed by atoms with van der Waals surface area (Å²) in [7, 11) is 0. The highest BCUT2D eigenvalue weighted by Gasteiger charge is 2.19. The molecule has 0 fully saturated rings. The van der Waals surface area contributed by atoms with E-state index in [0.29, 0.717) is 0 Å². The van der Waals surface area contributed by atoms with Gasteiger partial charge in [-0.1, -0.05) is 26.8 Å². The Morgan fingerprint density at radius 3 is 2.56 bits per heavy atom. The van der Waals surface area contributed by atoms with Crippen LogP contribution in [-0.2, 0) is 5.41 Å². The Balaban J connectivity index is 2.74. The van der Waals surface area contributed by atoms with Crippen LogP contribution in [0.3, 0.4) is 0 Å². The number of alkyl halides is 2. The third-order valence-electron chi connectivity index (χ3n) is 3.08. The molecule has 1 amide bonds. The van der Waals surface area contributed by atoms with Crippen molar-refractivity contribution < 1.29 is 13.6 Å². The lowest BCUT2D eigenvalue weighted by molar-refractivity contribution is 0.0887. The number of nitrogens with one attached hydrogen (secondary N) is 1. The normalized spacial score (nSPS) is 11.7. The van der Waals surface area contributed by atoms with Crippen LogP contribution in [0.25, 0.3) is 0 Å². The maximum Gasteiger partial charge on any atom is 0.270 e. The predicted octanol–water partition coefficient (Wildman–Crippen LogP) is 2.76. The molecule has 0 unspecified atom stereocenters. The lowest BCUT2D eigenvalue weighted by Crippen LogP contribution is -2.29. The van der Waals surface area contributed by atoms with Gasteiger partial charge in [-0.3, -0.25) is 9.78 Å². The lowest BCUT2D eigenvalue weighted by Gasteiger charge is -2.22. The highest BCUT2D eigenvalue weighted by molar-refractivity contribution is 5.92. The fourth-order valence-corrected chi connectivity index (χ4v) is 1.39. The van der Waals surface area contributed by atoms with Crippen LogP contribution in [0.4, 0.5) is 8.78 Å². The molecule has 0 bridgehead atoms. The first kappa shape index (κ1) is 14.5. The molecule has 0 spiro atoms. The smallest absolute Gasteiger partial charge is 0.270 e. The van der Waals surface area contributed by atoms with Crippen LogP contribution in [-0.4, -0.2) is 23.9 Å². The number of nitrogens with zero attached hydrogens (tertiary/aromatic N) is 1. The van der Waals surface area contributed by atoms with Crippen molar-refractivity contribution in [2.24, 2.45) is 0 Å². The Kier molecular flexibility index (Phi) is 4.76. The van der Waals surface area contributed by atoms with E-state index in [9.17, 15) is 13.6 Å². The molecule has 0 aliphatic heterocycles. The summed E-state index contributed by atoms with van der Waals surface area (Å²) in [4.78, 5) is 15.5. The van der Waals surface area contributed by atoms with Gasteiger partial charge < -0.3 is 5.32 Å². The molecule has 100 valence electrons. The molecule has 0 aliphatic rings. The number of carbonyl (C=O) groups excluding carboxylic acids is 1. The van der Waals surface area contributed by atoms with E-state index in [4.69, 9.17) is 0 Å². The van der Waals surface area contributed by atoms with Crippen LogP contribution in [0.5, 0.6) is 0 Å². The summed E-state index contributed by atoms with van der Waals surface area (Å²) in [5.41, 5.74) is 1.17. The summed E-state index contributed by atoms with van der Waals surface area (Å²) in [5, 5.41) is 2.12. The molecule has 0 aromatic carbocycles. The average molecular weight is 256 g/mol. The zero-order valence-corrected chi connectivity index (χ0v) is 10.8. The number of carbonyl (C=O) groups is 1. The minimum Gasteiger partial charge on any atom is -0.345 e. The lowest BCUT2D eigenvalue weighted by atomic mass is 9.83. The second-order valence-electron chi connectivity index (χ2n) is 4.77. The summed E-state index contributed by atoms with van der Waals surface area (Å²) in [6, 6.07) is 3.38. The molecule has 1 N–H and O–H groups in total. The van der Waals surface area contributed by atoms with Gasteiger partial charge in [0.2, 0.25) is 0 Å². The van der Waals surface area contributed by atoms with Crippen LogP contribution in [0, 0.1) is 0 Å². The number of halogens is 2. The number of hydrogen-bond donors (Lipinski definition) is 1. The van der Waals surface area contributed by atoms with Gasteiger partial charge in [-0.15, -0.1) is 0 Å². The number of aromatic nitrogens is 1. The molecular formula is C13H18F2N2O. The molecule has 0 aliphatic carbocycles. The molecule has 0 saturated carbocycles. The third kappa shape index (κ3) is 3.75. The second-order valence-corrected chi connectivity index (χ2v) is 4.77. The molecular weight excluding hydrogens is 238 g/mol. The minimum absolute atomic E-state index is 0.00895. The third-order valence-corrected chi connectivity index (χ3v) is 3.08. The molecule has 1 aromatic heterocycles. The zero-order chi connectivity index (χ0) is 13.8. The molecule has 0 radical (unpaired) electrons. The van der Waals surface area contributed by atoms with Gasteiger partial charge in [0.05, 0.1) is 6.54 Å². The molecule has 18 heavy (non-hydrogen) atoms. The Bertz CT molecular complexity index is 402. The highest BCUT2D eigenvalue weighted by Crippen LogP contribution is 2.25. The van der Waals surface area contributed by atoms with E-state index < -0.39 is 18.9 Å². The Morgan fingerprint density at radius 2 is 2.11 bits per heavy atom. The number of hydrogen-bond acceptors (Lipinski definition) is 2. The van der Waals surface area contributed by atoms with Crippen molar-refractivity contribution in [3.63, 3.8) is 0 Å². The van der Waals surface area contributed by atoms with E-state index in [-0.39, 0.29) is 11.1 Å². The Labute approximate surface area is 106 Å². The number of pyridine rings is 1. The van der Waals surface area contributed by atoms with Crippen molar-refractivity contribution in [3.8, 4) is 0 Å². The van der Waals surface area contributed by atoms with Crippen molar-refractivity contribution in [1.29, 1.82) is 0 Å². The van der Waals surface area contributed by atoms with E-state index >= 15 is 0 Å². The van der Waals surface area contributed by atoms with Gasteiger partial charge in [-0.05, 0) is 23.5 Å². The molecule has 5 heteroatoms. The van der Waals surface area contributed by atoms with E-state index in [1.165, 1.54) is 0 Å². The first-order chi connectivity index (χ1) is 8.36. The van der Waals surface area contributed by atoms with Crippen molar-refractivity contribution in [3.05, 3.63) is 29.6 Å². The minimum atomic E-state index is -2.55. The van der Waals surface area contributed by atoms with Crippen LogP contribution >= 0.6 is 0 Å². The first-order valence-corrected chi connectivity index (χ1v) is 5.89. The molecule has 0 saturated heterocycles. The summed E-state index contributed by atoms with van der Waals surface area (Å²) in [5.74, 6) is -0.573. The fraction of sp³-hybridized carbons (Fsp3) is 0.538. The largest absolute Gasteiger partial charge is 0.345 e. The Hall–Kier alpha value is -1.52. The predicted molar refractivity (Wildman–Crippen MR) is 65.9 cm³/mol. The number of rotatable bonds is 5. The molecule has 1 rings (SSSR count). The van der Waals surface area contributed by atoms with Gasteiger partial charge in [0.25, 0.3) is 12.3 Å². The van der Waals surface area contributed by atoms with E-state index in [0.717, 1.165) is 12.0 Å². The van der Waals surface area contributed by atoms with Crippen molar-refractivity contribution in [1.82, 2.24) is 10.3 Å². The van der Waals surface area contributed by atoms with E-state index in [1.807, 2.05) is 6.07 Å². The average Bonchev–Trinajstić information content (AvgIpc) is 2.36. The van der Waals surface area contributed by atoms with Gasteiger partial charge in [-0.25, -0.2) is 8.78 Å². The monoisotopic (exact) mass is 256 g/mol. The topological polar surface area (TPSA) is 42.0 Å². The molecule has 0 atom stereocenters. The standard InChI is InChI=1S/C13H18F2N2O/c1-4-13(2,3)9-5-6-10(16-7-9)12(18)17-8-11(14)15/h5-7,11H,4,8H2,1-3H3,(H,17,18). The molecule has 3 nitrogen and oxygen atoms in total. The maximum atomic E-state index is 11.9. The molecule has 1 aromatic rings. The summed E-state index contributed by atoms with van der Waals surface area (Å²) < 4.78 is 23.9. The van der Waals surface area contributed by atoms with Gasteiger partial charge in [-0.2, -0.15) is 0 Å². The first-order valence-electron chi connectivity index (χ1n) is 5.89. The summed E-state index contributed by atoms with van der Waals surface area (Å²) in [6.45, 7) is 5.59. The Morgan fingerprint density at radius 1 is 1.44 bits per heavy atom. The van der Waals surface area contributed by atoms with Gasteiger partial charge in [0.15, 0.2) is 0 Å². The maximum absolute atomic E-state index is 11.9. The van der Waals surface area contributed by atoms with Gasteiger partial charge in [0, 0.05) is 6.20 Å². The number of amides is 1. The van der Waals surface area contributed by atoms with Crippen LogP contribution in [0.1, 0.15) is 43.2 Å². The van der Waals surface area contributed by atoms with Crippen molar-refractivity contribution >= 4 is 5.91 Å². The van der Waals surface area contributed by atoms with Crippen LogP contribution in [0.2, 0.25) is 0 Å². The SMILES string of the molecule is CCC(C)(C)c1ccc(C(=O)NCC(F)F)nc1. The summed E-state index contributed by atoms with van der Waals surface area (Å²) >= 11 is 0. The molecule has 1 heterocycles. The van der Waals surface area contributed by atoms with E-state index in [1.54, 1.807) is 12.3 Å². The zero-order valence-electron chi connectivity index (χ0n) is 10.8. The van der Waals surface area contributed by atoms with Gasteiger partial charge in [0.1, 0.15) is 5.69 Å².